The summed E-state index contributed by atoms with van der Waals surface area (Å²) in [6.45, 7) is 0.449. The Morgan fingerprint density at radius 3 is 2.35 bits per heavy atom. The van der Waals surface area contributed by atoms with E-state index in [1.54, 1.807) is 60.7 Å². The van der Waals surface area contributed by atoms with Crippen LogP contribution in [0, 0.1) is 0 Å². The number of rotatable bonds is 7. The van der Waals surface area contributed by atoms with Gasteiger partial charge in [-0.25, -0.2) is 4.79 Å². The lowest BCUT2D eigenvalue weighted by molar-refractivity contribution is -0.123. The topological polar surface area (TPSA) is 83.9 Å². The number of thioether (sulfide) groups is 1. The fourth-order valence-electron chi connectivity index (χ4n) is 3.19. The standard InChI is InChI=1S/C25H17BrClNO5S/c26-20-11-17(5-10-21(20)33-14-16-1-6-18(7-2-16)24(30)31)12-22-23(29)28(25(32)34-22)13-15-3-8-19(27)9-4-15/h1-12H,13-14H2,(H,30,31)/b22-12-. The molecule has 6 nitrogen and oxygen atoms in total. The van der Waals surface area contributed by atoms with Gasteiger partial charge >= 0.3 is 5.97 Å². The van der Waals surface area contributed by atoms with Crippen molar-refractivity contribution in [2.75, 3.05) is 0 Å². The van der Waals surface area contributed by atoms with Gasteiger partial charge in [-0.2, -0.15) is 0 Å². The summed E-state index contributed by atoms with van der Waals surface area (Å²) >= 11 is 10.3. The normalized spacial score (nSPS) is 14.6. The molecule has 0 aliphatic carbocycles. The van der Waals surface area contributed by atoms with E-state index in [2.05, 4.69) is 15.9 Å². The maximum atomic E-state index is 12.8. The third kappa shape index (κ3) is 5.70. The smallest absolute Gasteiger partial charge is 0.335 e. The van der Waals surface area contributed by atoms with Crippen molar-refractivity contribution in [1.29, 1.82) is 0 Å². The molecule has 0 atom stereocenters. The highest BCUT2D eigenvalue weighted by atomic mass is 79.9. The van der Waals surface area contributed by atoms with Crippen LogP contribution in [-0.4, -0.2) is 27.1 Å². The Hall–Kier alpha value is -3.07. The SMILES string of the molecule is O=C(O)c1ccc(COc2ccc(/C=C3\SC(=O)N(Cc4ccc(Cl)cc4)C3=O)cc2Br)cc1. The van der Waals surface area contributed by atoms with Crippen molar-refractivity contribution in [2.45, 2.75) is 13.2 Å². The second-order valence-corrected chi connectivity index (χ2v) is 9.66. The highest BCUT2D eigenvalue weighted by Gasteiger charge is 2.35. The van der Waals surface area contributed by atoms with Gasteiger partial charge in [-0.1, -0.05) is 41.9 Å². The van der Waals surface area contributed by atoms with Gasteiger partial charge in [-0.3, -0.25) is 14.5 Å². The summed E-state index contributed by atoms with van der Waals surface area (Å²) in [5.74, 6) is -0.727. The average molecular weight is 559 g/mol. The summed E-state index contributed by atoms with van der Waals surface area (Å²) in [4.78, 5) is 37.7. The molecule has 4 rings (SSSR count). The van der Waals surface area contributed by atoms with Crippen molar-refractivity contribution >= 4 is 62.5 Å². The van der Waals surface area contributed by atoms with Crippen molar-refractivity contribution in [3.63, 3.8) is 0 Å². The van der Waals surface area contributed by atoms with E-state index in [0.29, 0.717) is 20.2 Å². The molecule has 3 aromatic carbocycles. The molecule has 0 radical (unpaired) electrons. The van der Waals surface area contributed by atoms with Crippen LogP contribution in [-0.2, 0) is 17.9 Å². The summed E-state index contributed by atoms with van der Waals surface area (Å²) in [6, 6.07) is 18.8. The number of nitrogens with zero attached hydrogens (tertiary/aromatic N) is 1. The third-order valence-corrected chi connectivity index (χ3v) is 6.76. The molecule has 0 saturated carbocycles. The molecule has 1 aliphatic heterocycles. The Kier molecular flexibility index (Phi) is 7.41. The number of carbonyl (C=O) groups is 3. The highest BCUT2D eigenvalue weighted by molar-refractivity contribution is 9.10. The van der Waals surface area contributed by atoms with Crippen molar-refractivity contribution in [3.05, 3.63) is 103 Å². The number of hydrogen-bond donors (Lipinski definition) is 1. The summed E-state index contributed by atoms with van der Waals surface area (Å²) < 4.78 is 6.50. The first-order valence-corrected chi connectivity index (χ1v) is 12.0. The van der Waals surface area contributed by atoms with E-state index in [0.717, 1.165) is 28.5 Å². The number of hydrogen-bond acceptors (Lipinski definition) is 5. The van der Waals surface area contributed by atoms with E-state index in [4.69, 9.17) is 21.4 Å². The van der Waals surface area contributed by atoms with Crippen LogP contribution in [0.3, 0.4) is 0 Å². The first-order valence-electron chi connectivity index (χ1n) is 10.0. The van der Waals surface area contributed by atoms with Crippen molar-refractivity contribution in [3.8, 4) is 5.75 Å². The van der Waals surface area contributed by atoms with Crippen molar-refractivity contribution in [2.24, 2.45) is 0 Å². The van der Waals surface area contributed by atoms with Gasteiger partial charge in [0.05, 0.1) is 21.5 Å². The summed E-state index contributed by atoms with van der Waals surface area (Å²) in [5, 5.41) is 9.25. The van der Waals surface area contributed by atoms with Crippen LogP contribution in [0.15, 0.2) is 76.1 Å². The van der Waals surface area contributed by atoms with E-state index >= 15 is 0 Å². The lowest BCUT2D eigenvalue weighted by Crippen LogP contribution is -2.27. The molecule has 0 unspecified atom stereocenters. The van der Waals surface area contributed by atoms with Crippen LogP contribution in [0.5, 0.6) is 5.75 Å². The number of amides is 2. The second-order valence-electron chi connectivity index (χ2n) is 7.37. The number of halogens is 2. The molecular weight excluding hydrogens is 542 g/mol. The van der Waals surface area contributed by atoms with Gasteiger partial charge < -0.3 is 9.84 Å². The zero-order valence-electron chi connectivity index (χ0n) is 17.5. The molecule has 3 aromatic rings. The minimum atomic E-state index is -0.978. The van der Waals surface area contributed by atoms with Crippen LogP contribution in [0.25, 0.3) is 6.08 Å². The maximum Gasteiger partial charge on any atom is 0.335 e. The van der Waals surface area contributed by atoms with Gasteiger partial charge in [-0.05, 0) is 86.9 Å². The molecule has 172 valence electrons. The molecule has 1 N–H and O–H groups in total. The van der Waals surface area contributed by atoms with Gasteiger partial charge in [0, 0.05) is 5.02 Å². The van der Waals surface area contributed by atoms with Gasteiger partial charge in [0.1, 0.15) is 12.4 Å². The number of carboxylic acids is 1. The zero-order valence-corrected chi connectivity index (χ0v) is 20.7. The molecule has 0 aromatic heterocycles. The Morgan fingerprint density at radius 1 is 1.03 bits per heavy atom. The van der Waals surface area contributed by atoms with E-state index in [9.17, 15) is 14.4 Å². The molecule has 0 bridgehead atoms. The summed E-state index contributed by atoms with van der Waals surface area (Å²) in [6.07, 6.45) is 1.67. The third-order valence-electron chi connectivity index (χ3n) is 4.98. The number of benzene rings is 3. The largest absolute Gasteiger partial charge is 0.488 e. The number of carbonyl (C=O) groups excluding carboxylic acids is 2. The van der Waals surface area contributed by atoms with E-state index in [1.807, 2.05) is 0 Å². The molecule has 1 heterocycles. The predicted octanol–water partition coefficient (Wildman–Crippen LogP) is 6.62. The van der Waals surface area contributed by atoms with Crippen molar-refractivity contribution in [1.82, 2.24) is 4.90 Å². The molecule has 9 heteroatoms. The fourth-order valence-corrected chi connectivity index (χ4v) is 4.66. The zero-order chi connectivity index (χ0) is 24.2. The first-order chi connectivity index (χ1) is 16.3. The predicted molar refractivity (Wildman–Crippen MR) is 135 cm³/mol. The lowest BCUT2D eigenvalue weighted by Gasteiger charge is -2.12. The average Bonchev–Trinajstić information content (AvgIpc) is 3.07. The van der Waals surface area contributed by atoms with Gasteiger partial charge in [0.15, 0.2) is 0 Å². The molecule has 1 aliphatic rings. The monoisotopic (exact) mass is 557 g/mol. The first kappa shape index (κ1) is 24.1. The number of imide groups is 1. The highest BCUT2D eigenvalue weighted by Crippen LogP contribution is 2.35. The van der Waals surface area contributed by atoms with E-state index < -0.39 is 5.97 Å². The van der Waals surface area contributed by atoms with Crippen LogP contribution >= 0.6 is 39.3 Å². The molecule has 2 amide bonds. The Balaban J connectivity index is 1.42. The summed E-state index contributed by atoms with van der Waals surface area (Å²) in [7, 11) is 0. The minimum absolute atomic E-state index is 0.184. The fraction of sp³-hybridized carbons (Fsp3) is 0.0800. The Labute approximate surface area is 213 Å². The van der Waals surface area contributed by atoms with Gasteiger partial charge in [-0.15, -0.1) is 0 Å². The summed E-state index contributed by atoms with van der Waals surface area (Å²) in [5.41, 5.74) is 2.60. The number of carboxylic acid groups (broad SMARTS) is 1. The lowest BCUT2D eigenvalue weighted by atomic mass is 10.1. The van der Waals surface area contributed by atoms with Crippen LogP contribution < -0.4 is 4.74 Å². The maximum absolute atomic E-state index is 12.8. The molecule has 34 heavy (non-hydrogen) atoms. The number of aromatic carboxylic acids is 1. The van der Waals surface area contributed by atoms with E-state index in [-0.39, 0.29) is 29.9 Å². The number of ether oxygens (including phenoxy) is 1. The van der Waals surface area contributed by atoms with Crippen molar-refractivity contribution < 1.29 is 24.2 Å². The van der Waals surface area contributed by atoms with Crippen LogP contribution in [0.4, 0.5) is 4.79 Å². The van der Waals surface area contributed by atoms with Crippen LogP contribution in [0.1, 0.15) is 27.0 Å². The van der Waals surface area contributed by atoms with Crippen LogP contribution in [0.2, 0.25) is 5.02 Å². The second kappa shape index (κ2) is 10.5. The van der Waals surface area contributed by atoms with Gasteiger partial charge in [0.2, 0.25) is 0 Å². The molecule has 1 fully saturated rings. The quantitative estimate of drug-likeness (QED) is 0.328. The Bertz CT molecular complexity index is 1290. The van der Waals surface area contributed by atoms with E-state index in [1.165, 1.54) is 17.0 Å². The molecule has 1 saturated heterocycles. The molecule has 0 spiro atoms. The molecular formula is C25H17BrClNO5S. The Morgan fingerprint density at radius 2 is 1.71 bits per heavy atom. The van der Waals surface area contributed by atoms with Gasteiger partial charge in [0.25, 0.3) is 11.1 Å². The minimum Gasteiger partial charge on any atom is -0.488 e.